The fourth-order valence-corrected chi connectivity index (χ4v) is 4.98. The van der Waals surface area contributed by atoms with E-state index in [1.165, 1.54) is 24.2 Å². The van der Waals surface area contributed by atoms with Crippen molar-refractivity contribution in [1.82, 2.24) is 9.97 Å². The van der Waals surface area contributed by atoms with Crippen LogP contribution in [0.3, 0.4) is 0 Å². The van der Waals surface area contributed by atoms with Crippen LogP contribution in [-0.4, -0.2) is 35.2 Å². The lowest BCUT2D eigenvalue weighted by Gasteiger charge is -2.17. The number of hydrogen-bond acceptors (Lipinski definition) is 6. The van der Waals surface area contributed by atoms with Crippen molar-refractivity contribution < 1.29 is 4.79 Å². The fourth-order valence-electron chi connectivity index (χ4n) is 3.64. The molecule has 7 heteroatoms. The first-order valence-corrected chi connectivity index (χ1v) is 11.6. The number of amides is 1. The predicted molar refractivity (Wildman–Crippen MR) is 119 cm³/mol. The molecule has 0 radical (unpaired) electrons. The summed E-state index contributed by atoms with van der Waals surface area (Å²) in [7, 11) is 0. The molecule has 1 N–H and O–H groups in total. The van der Waals surface area contributed by atoms with E-state index in [0.29, 0.717) is 4.88 Å². The summed E-state index contributed by atoms with van der Waals surface area (Å²) in [5.74, 6) is 0.886. The van der Waals surface area contributed by atoms with E-state index in [9.17, 15) is 4.79 Å². The van der Waals surface area contributed by atoms with Crippen LogP contribution in [0.2, 0.25) is 0 Å². The van der Waals surface area contributed by atoms with Gasteiger partial charge in [-0.25, -0.2) is 9.97 Å². The number of carbonyl (C=O) groups is 1. The van der Waals surface area contributed by atoms with Gasteiger partial charge in [-0.1, -0.05) is 36.9 Å². The highest BCUT2D eigenvalue weighted by molar-refractivity contribution is 7.98. The SMILES string of the molecule is CCc1cccc(C)c1NC(=O)c1cc2c(N3CCCC3)nc(SC)nc2s1. The normalized spacial score (nSPS) is 14.0. The van der Waals surface area contributed by atoms with Crippen molar-refractivity contribution in [3.05, 3.63) is 40.3 Å². The van der Waals surface area contributed by atoms with Crippen molar-refractivity contribution in [1.29, 1.82) is 0 Å². The van der Waals surface area contributed by atoms with Crippen molar-refractivity contribution in [2.24, 2.45) is 0 Å². The number of thiophene rings is 1. The zero-order chi connectivity index (χ0) is 19.7. The molecule has 0 bridgehead atoms. The Kier molecular flexibility index (Phi) is 5.55. The van der Waals surface area contributed by atoms with Crippen molar-refractivity contribution in [3.8, 4) is 0 Å². The van der Waals surface area contributed by atoms with Crippen LogP contribution < -0.4 is 10.2 Å². The lowest BCUT2D eigenvalue weighted by Crippen LogP contribution is -2.19. The van der Waals surface area contributed by atoms with Gasteiger partial charge in [0.15, 0.2) is 5.16 Å². The third-order valence-electron chi connectivity index (χ3n) is 5.14. The van der Waals surface area contributed by atoms with Crippen LogP contribution in [0.4, 0.5) is 11.5 Å². The second-order valence-electron chi connectivity index (χ2n) is 6.97. The fraction of sp³-hybridized carbons (Fsp3) is 0.381. The van der Waals surface area contributed by atoms with Gasteiger partial charge in [-0.05, 0) is 49.6 Å². The maximum absolute atomic E-state index is 13.0. The highest BCUT2D eigenvalue weighted by atomic mass is 32.2. The monoisotopic (exact) mass is 412 g/mol. The molecular weight excluding hydrogens is 388 g/mol. The lowest BCUT2D eigenvalue weighted by atomic mass is 10.1. The quantitative estimate of drug-likeness (QED) is 0.465. The first-order chi connectivity index (χ1) is 13.6. The molecule has 1 aliphatic heterocycles. The first kappa shape index (κ1) is 19.2. The molecule has 28 heavy (non-hydrogen) atoms. The van der Waals surface area contributed by atoms with Crippen LogP contribution in [0.1, 0.15) is 40.6 Å². The van der Waals surface area contributed by atoms with Crippen LogP contribution in [0.5, 0.6) is 0 Å². The van der Waals surface area contributed by atoms with E-state index < -0.39 is 0 Å². The number of benzene rings is 1. The molecule has 1 fully saturated rings. The van der Waals surface area contributed by atoms with E-state index in [1.807, 2.05) is 31.4 Å². The Bertz CT molecular complexity index is 1020. The number of fused-ring (bicyclic) bond motifs is 1. The summed E-state index contributed by atoms with van der Waals surface area (Å²) in [5.41, 5.74) is 3.15. The summed E-state index contributed by atoms with van der Waals surface area (Å²) in [4.78, 5) is 26.3. The molecule has 0 saturated carbocycles. The van der Waals surface area contributed by atoms with Gasteiger partial charge in [0.25, 0.3) is 5.91 Å². The molecule has 4 rings (SSSR count). The Morgan fingerprint density at radius 2 is 2.07 bits per heavy atom. The number of aromatic nitrogens is 2. The molecule has 1 saturated heterocycles. The van der Waals surface area contributed by atoms with Gasteiger partial charge in [0, 0.05) is 18.8 Å². The van der Waals surface area contributed by atoms with Gasteiger partial charge in [-0.3, -0.25) is 4.79 Å². The molecule has 3 aromatic rings. The van der Waals surface area contributed by atoms with E-state index >= 15 is 0 Å². The molecule has 1 aromatic carbocycles. The Morgan fingerprint density at radius 3 is 2.79 bits per heavy atom. The summed E-state index contributed by atoms with van der Waals surface area (Å²) < 4.78 is 0. The number of aryl methyl sites for hydroxylation is 2. The molecular formula is C21H24N4OS2. The Morgan fingerprint density at radius 1 is 1.29 bits per heavy atom. The number of anilines is 2. The smallest absolute Gasteiger partial charge is 0.265 e. The number of thioether (sulfide) groups is 1. The molecule has 146 valence electrons. The van der Waals surface area contributed by atoms with Crippen LogP contribution >= 0.6 is 23.1 Å². The maximum atomic E-state index is 13.0. The zero-order valence-electron chi connectivity index (χ0n) is 16.4. The van der Waals surface area contributed by atoms with Crippen LogP contribution in [0, 0.1) is 6.92 Å². The van der Waals surface area contributed by atoms with E-state index in [0.717, 1.165) is 57.5 Å². The van der Waals surface area contributed by atoms with E-state index in [-0.39, 0.29) is 5.91 Å². The number of nitrogens with zero attached hydrogens (tertiary/aromatic N) is 3. The summed E-state index contributed by atoms with van der Waals surface area (Å²) in [5, 5.41) is 4.87. The van der Waals surface area contributed by atoms with Crippen molar-refractivity contribution in [3.63, 3.8) is 0 Å². The Balaban J connectivity index is 1.71. The van der Waals surface area contributed by atoms with Gasteiger partial charge < -0.3 is 10.2 Å². The number of para-hydroxylation sites is 1. The van der Waals surface area contributed by atoms with E-state index in [1.54, 1.807) is 11.8 Å². The predicted octanol–water partition coefficient (Wildman–Crippen LogP) is 5.14. The average molecular weight is 413 g/mol. The second-order valence-corrected chi connectivity index (χ2v) is 8.78. The topological polar surface area (TPSA) is 58.1 Å². The average Bonchev–Trinajstić information content (AvgIpc) is 3.38. The van der Waals surface area contributed by atoms with Crippen LogP contribution in [0.15, 0.2) is 29.4 Å². The standard InChI is InChI=1S/C21H24N4OS2/c1-4-14-9-7-8-13(2)17(14)22-19(26)16-12-15-18(25-10-5-6-11-25)23-21(27-3)24-20(15)28-16/h7-9,12H,4-6,10-11H2,1-3H3,(H,22,26). The van der Waals surface area contributed by atoms with Crippen molar-refractivity contribution >= 4 is 50.7 Å². The van der Waals surface area contributed by atoms with E-state index in [2.05, 4.69) is 28.2 Å². The van der Waals surface area contributed by atoms with Crippen molar-refractivity contribution in [2.75, 3.05) is 29.6 Å². The number of carbonyl (C=O) groups excluding carboxylic acids is 1. The highest BCUT2D eigenvalue weighted by Crippen LogP contribution is 2.34. The van der Waals surface area contributed by atoms with Gasteiger partial charge >= 0.3 is 0 Å². The van der Waals surface area contributed by atoms with Gasteiger partial charge in [0.05, 0.1) is 10.3 Å². The summed E-state index contributed by atoms with van der Waals surface area (Å²) >= 11 is 2.98. The van der Waals surface area contributed by atoms with Gasteiger partial charge in [0.1, 0.15) is 10.6 Å². The molecule has 0 atom stereocenters. The summed E-state index contributed by atoms with van der Waals surface area (Å²) in [6, 6.07) is 8.08. The molecule has 2 aromatic heterocycles. The minimum absolute atomic E-state index is 0.0786. The zero-order valence-corrected chi connectivity index (χ0v) is 18.0. The number of rotatable bonds is 5. The van der Waals surface area contributed by atoms with Gasteiger partial charge in [-0.15, -0.1) is 11.3 Å². The second kappa shape index (κ2) is 8.09. The Hall–Kier alpha value is -2.12. The van der Waals surface area contributed by atoms with Crippen molar-refractivity contribution in [2.45, 2.75) is 38.3 Å². The third kappa shape index (κ3) is 3.61. The minimum Gasteiger partial charge on any atom is -0.356 e. The molecule has 3 heterocycles. The maximum Gasteiger partial charge on any atom is 0.265 e. The number of hydrogen-bond donors (Lipinski definition) is 1. The Labute approximate surface area is 173 Å². The molecule has 5 nitrogen and oxygen atoms in total. The first-order valence-electron chi connectivity index (χ1n) is 9.61. The van der Waals surface area contributed by atoms with Gasteiger partial charge in [0.2, 0.25) is 0 Å². The minimum atomic E-state index is -0.0786. The molecule has 0 aliphatic carbocycles. The largest absolute Gasteiger partial charge is 0.356 e. The molecule has 0 unspecified atom stereocenters. The van der Waals surface area contributed by atoms with Gasteiger partial charge in [-0.2, -0.15) is 0 Å². The summed E-state index contributed by atoms with van der Waals surface area (Å²) in [6.07, 6.45) is 5.24. The lowest BCUT2D eigenvalue weighted by molar-refractivity contribution is 0.103. The van der Waals surface area contributed by atoms with Crippen LogP contribution in [-0.2, 0) is 6.42 Å². The molecule has 1 amide bonds. The third-order valence-corrected chi connectivity index (χ3v) is 6.72. The molecule has 0 spiro atoms. The highest BCUT2D eigenvalue weighted by Gasteiger charge is 2.22. The van der Waals surface area contributed by atoms with Crippen LogP contribution in [0.25, 0.3) is 10.2 Å². The number of nitrogens with one attached hydrogen (secondary N) is 1. The summed E-state index contributed by atoms with van der Waals surface area (Å²) in [6.45, 7) is 6.16. The van der Waals surface area contributed by atoms with E-state index in [4.69, 9.17) is 4.98 Å². The molecule has 1 aliphatic rings.